The first kappa shape index (κ1) is 23.8. The molecule has 1 fully saturated rings. The number of amides is 1. The number of carbonyl (C=O) groups is 1. The number of benzene rings is 1. The zero-order valence-electron chi connectivity index (χ0n) is 17.4. The lowest BCUT2D eigenvalue weighted by Gasteiger charge is -2.26. The first-order valence-electron chi connectivity index (χ1n) is 9.95. The molecular formula is C20H30F3N5O2. The maximum Gasteiger partial charge on any atom is 0.401 e. The van der Waals surface area contributed by atoms with Crippen molar-refractivity contribution in [2.45, 2.75) is 26.1 Å². The van der Waals surface area contributed by atoms with E-state index < -0.39 is 18.6 Å². The molecule has 1 atom stereocenters. The van der Waals surface area contributed by atoms with Gasteiger partial charge in [-0.25, -0.2) is 0 Å². The smallest absolute Gasteiger partial charge is 0.401 e. The fourth-order valence-electron chi connectivity index (χ4n) is 3.51. The average molecular weight is 429 g/mol. The highest BCUT2D eigenvalue weighted by atomic mass is 19.4. The molecule has 0 radical (unpaired) electrons. The van der Waals surface area contributed by atoms with E-state index in [1.807, 2.05) is 18.2 Å². The Hall–Kier alpha value is -2.49. The molecule has 30 heavy (non-hydrogen) atoms. The monoisotopic (exact) mass is 429 g/mol. The van der Waals surface area contributed by atoms with E-state index in [0.29, 0.717) is 37.9 Å². The predicted octanol–water partition coefficient (Wildman–Crippen LogP) is 1.83. The van der Waals surface area contributed by atoms with E-state index in [-0.39, 0.29) is 12.5 Å². The molecule has 0 bridgehead atoms. The maximum absolute atomic E-state index is 12.7. The summed E-state index contributed by atoms with van der Waals surface area (Å²) in [6.07, 6.45) is -3.35. The average Bonchev–Trinajstić information content (AvgIpc) is 3.14. The third-order valence-corrected chi connectivity index (χ3v) is 4.89. The normalized spacial score (nSPS) is 17.5. The number of ether oxygens (including phenoxy) is 1. The van der Waals surface area contributed by atoms with Gasteiger partial charge in [-0.2, -0.15) is 13.2 Å². The molecule has 168 valence electrons. The van der Waals surface area contributed by atoms with Gasteiger partial charge in [0.25, 0.3) is 5.91 Å². The number of hydrogen-bond donors (Lipinski definition) is 2. The molecule has 0 aromatic heterocycles. The molecular weight excluding hydrogens is 399 g/mol. The Morgan fingerprint density at radius 2 is 2.20 bits per heavy atom. The summed E-state index contributed by atoms with van der Waals surface area (Å²) in [5, 5.41) is 3.28. The van der Waals surface area contributed by atoms with Gasteiger partial charge in [0.05, 0.1) is 6.54 Å². The SMILES string of the molecule is CCN(CC1CCN(C(=NC)NCc2cccc(OCC(N)=O)c2)C1)CC(F)(F)F. The molecule has 1 aliphatic rings. The van der Waals surface area contributed by atoms with Gasteiger partial charge in [0.2, 0.25) is 0 Å². The molecule has 0 saturated carbocycles. The molecule has 0 aliphatic carbocycles. The van der Waals surface area contributed by atoms with Crippen molar-refractivity contribution in [3.05, 3.63) is 29.8 Å². The number of guanidine groups is 1. The highest BCUT2D eigenvalue weighted by Gasteiger charge is 2.33. The molecule has 10 heteroatoms. The molecule has 1 amide bonds. The van der Waals surface area contributed by atoms with Crippen LogP contribution in [0, 0.1) is 5.92 Å². The molecule has 1 heterocycles. The van der Waals surface area contributed by atoms with Crippen LogP contribution in [0.4, 0.5) is 13.2 Å². The van der Waals surface area contributed by atoms with Crippen LogP contribution in [0.1, 0.15) is 18.9 Å². The third kappa shape index (κ3) is 8.10. The molecule has 1 unspecified atom stereocenters. The number of nitrogens with two attached hydrogens (primary N) is 1. The Bertz CT molecular complexity index is 727. The summed E-state index contributed by atoms with van der Waals surface area (Å²) in [5.41, 5.74) is 6.03. The summed E-state index contributed by atoms with van der Waals surface area (Å²) in [4.78, 5) is 18.7. The molecule has 1 aliphatic heterocycles. The van der Waals surface area contributed by atoms with Crippen LogP contribution >= 0.6 is 0 Å². The highest BCUT2D eigenvalue weighted by Crippen LogP contribution is 2.21. The lowest BCUT2D eigenvalue weighted by molar-refractivity contribution is -0.146. The van der Waals surface area contributed by atoms with E-state index in [9.17, 15) is 18.0 Å². The molecule has 2 rings (SSSR count). The maximum atomic E-state index is 12.7. The van der Waals surface area contributed by atoms with E-state index in [4.69, 9.17) is 10.5 Å². The van der Waals surface area contributed by atoms with Crippen molar-refractivity contribution in [3.63, 3.8) is 0 Å². The van der Waals surface area contributed by atoms with Gasteiger partial charge in [-0.05, 0) is 36.6 Å². The topological polar surface area (TPSA) is 83.2 Å². The van der Waals surface area contributed by atoms with E-state index in [1.54, 1.807) is 20.0 Å². The highest BCUT2D eigenvalue weighted by molar-refractivity contribution is 5.80. The number of nitrogens with one attached hydrogen (secondary N) is 1. The number of rotatable bonds is 9. The zero-order valence-corrected chi connectivity index (χ0v) is 17.4. The van der Waals surface area contributed by atoms with Crippen molar-refractivity contribution in [1.29, 1.82) is 0 Å². The standard InChI is InChI=1S/C20H30F3N5O2/c1-3-27(14-20(21,22)23)11-16-7-8-28(12-16)19(25-2)26-10-15-5-4-6-17(9-15)30-13-18(24)29/h4-6,9,16H,3,7-8,10-14H2,1-2H3,(H2,24,29)(H,25,26). The minimum atomic E-state index is -4.18. The Labute approximate surface area is 175 Å². The minimum absolute atomic E-state index is 0.163. The number of likely N-dealkylation sites (tertiary alicyclic amines) is 1. The van der Waals surface area contributed by atoms with Crippen LogP contribution in [0.5, 0.6) is 5.75 Å². The molecule has 1 saturated heterocycles. The van der Waals surface area contributed by atoms with E-state index in [2.05, 4.69) is 15.2 Å². The first-order chi connectivity index (χ1) is 14.2. The summed E-state index contributed by atoms with van der Waals surface area (Å²) in [6.45, 7) is 3.39. The number of alkyl halides is 3. The van der Waals surface area contributed by atoms with Crippen LogP contribution in [-0.4, -0.2) is 74.2 Å². The molecule has 0 spiro atoms. The third-order valence-electron chi connectivity index (χ3n) is 4.89. The molecule has 3 N–H and O–H groups in total. The summed E-state index contributed by atoms with van der Waals surface area (Å²) >= 11 is 0. The van der Waals surface area contributed by atoms with Gasteiger partial charge in [0.1, 0.15) is 5.75 Å². The quantitative estimate of drug-likeness (QED) is 0.462. The van der Waals surface area contributed by atoms with Crippen molar-refractivity contribution < 1.29 is 22.7 Å². The van der Waals surface area contributed by atoms with Crippen molar-refractivity contribution >= 4 is 11.9 Å². The second kappa shape index (κ2) is 11.1. The Morgan fingerprint density at radius 3 is 2.83 bits per heavy atom. The van der Waals surface area contributed by atoms with Crippen molar-refractivity contribution in [3.8, 4) is 5.75 Å². The Kier molecular flexibility index (Phi) is 8.76. The lowest BCUT2D eigenvalue weighted by Crippen LogP contribution is -2.41. The zero-order chi connectivity index (χ0) is 22.1. The Balaban J connectivity index is 1.86. The largest absolute Gasteiger partial charge is 0.484 e. The second-order valence-corrected chi connectivity index (χ2v) is 7.35. The van der Waals surface area contributed by atoms with Crippen LogP contribution in [0.25, 0.3) is 0 Å². The van der Waals surface area contributed by atoms with Crippen LogP contribution < -0.4 is 15.8 Å². The van der Waals surface area contributed by atoms with Crippen LogP contribution in [-0.2, 0) is 11.3 Å². The molecule has 7 nitrogen and oxygen atoms in total. The number of primary amides is 1. The van der Waals surface area contributed by atoms with Gasteiger partial charge in [0.15, 0.2) is 12.6 Å². The number of carbonyl (C=O) groups excluding carboxylic acids is 1. The summed E-state index contributed by atoms with van der Waals surface area (Å²) in [7, 11) is 1.68. The number of aliphatic imine (C=N–C) groups is 1. The summed E-state index contributed by atoms with van der Waals surface area (Å²) in [5.74, 6) is 0.879. The van der Waals surface area contributed by atoms with Crippen molar-refractivity contribution in [2.75, 3.05) is 46.4 Å². The van der Waals surface area contributed by atoms with E-state index >= 15 is 0 Å². The van der Waals surface area contributed by atoms with Crippen molar-refractivity contribution in [2.24, 2.45) is 16.6 Å². The number of halogens is 3. The summed E-state index contributed by atoms with van der Waals surface area (Å²) in [6, 6.07) is 7.29. The van der Waals surface area contributed by atoms with Gasteiger partial charge in [-0.15, -0.1) is 0 Å². The van der Waals surface area contributed by atoms with Crippen LogP contribution in [0.3, 0.4) is 0 Å². The van der Waals surface area contributed by atoms with E-state index in [1.165, 1.54) is 4.90 Å². The fraction of sp³-hybridized carbons (Fsp3) is 0.600. The first-order valence-corrected chi connectivity index (χ1v) is 9.95. The number of hydrogen-bond acceptors (Lipinski definition) is 4. The van der Waals surface area contributed by atoms with Gasteiger partial charge >= 0.3 is 6.18 Å². The predicted molar refractivity (Wildman–Crippen MR) is 109 cm³/mol. The minimum Gasteiger partial charge on any atom is -0.484 e. The van der Waals surface area contributed by atoms with Gasteiger partial charge < -0.3 is 20.7 Å². The van der Waals surface area contributed by atoms with Gasteiger partial charge in [0, 0.05) is 33.2 Å². The van der Waals surface area contributed by atoms with Crippen molar-refractivity contribution in [1.82, 2.24) is 15.1 Å². The lowest BCUT2D eigenvalue weighted by atomic mass is 10.1. The van der Waals surface area contributed by atoms with Crippen LogP contribution in [0.15, 0.2) is 29.3 Å². The number of nitrogens with zero attached hydrogens (tertiary/aromatic N) is 3. The van der Waals surface area contributed by atoms with Gasteiger partial charge in [-0.3, -0.25) is 14.7 Å². The Morgan fingerprint density at radius 1 is 1.43 bits per heavy atom. The second-order valence-electron chi connectivity index (χ2n) is 7.35. The van der Waals surface area contributed by atoms with Gasteiger partial charge in [-0.1, -0.05) is 19.1 Å². The molecule has 1 aromatic rings. The molecule has 1 aromatic carbocycles. The van der Waals surface area contributed by atoms with Crippen LogP contribution in [0.2, 0.25) is 0 Å². The fourth-order valence-corrected chi connectivity index (χ4v) is 3.51. The van der Waals surface area contributed by atoms with E-state index in [0.717, 1.165) is 18.5 Å². The summed E-state index contributed by atoms with van der Waals surface area (Å²) < 4.78 is 43.4.